The molecule has 1 atom stereocenters. The molecule has 0 bridgehead atoms. The SMILES string of the molecule is Nc1ccn(CC(CNC(=O)Nc2ccc(S(N)(=O)=O)cc2)OCP(=O)(O)O)c(=O)n1. The van der Waals surface area contributed by atoms with Crippen LogP contribution in [0.1, 0.15) is 0 Å². The summed E-state index contributed by atoms with van der Waals surface area (Å²) in [6, 6.07) is 5.69. The third-order valence-electron chi connectivity index (χ3n) is 3.71. The van der Waals surface area contributed by atoms with E-state index < -0.39 is 41.8 Å². The highest BCUT2D eigenvalue weighted by Crippen LogP contribution is 2.34. The summed E-state index contributed by atoms with van der Waals surface area (Å²) in [6.45, 7) is -0.395. The van der Waals surface area contributed by atoms with Crippen molar-refractivity contribution in [3.8, 4) is 0 Å². The molecule has 2 aromatic rings. The smallest absolute Gasteiger partial charge is 0.350 e. The molecule has 0 aliphatic rings. The minimum atomic E-state index is -4.50. The maximum Gasteiger partial charge on any atom is 0.350 e. The Morgan fingerprint density at radius 2 is 1.90 bits per heavy atom. The molecule has 1 aromatic carbocycles. The van der Waals surface area contributed by atoms with Gasteiger partial charge in [0, 0.05) is 18.4 Å². The van der Waals surface area contributed by atoms with Crippen molar-refractivity contribution in [3.63, 3.8) is 0 Å². The molecule has 0 aliphatic heterocycles. The maximum atomic E-state index is 12.1. The zero-order valence-electron chi connectivity index (χ0n) is 15.9. The van der Waals surface area contributed by atoms with Crippen LogP contribution >= 0.6 is 7.60 Å². The van der Waals surface area contributed by atoms with E-state index >= 15 is 0 Å². The number of nitrogens with zero attached hydrogens (tertiary/aromatic N) is 2. The van der Waals surface area contributed by atoms with Crippen LogP contribution in [0.5, 0.6) is 0 Å². The molecule has 0 radical (unpaired) electrons. The number of amides is 2. The number of aromatic nitrogens is 2. The van der Waals surface area contributed by atoms with Gasteiger partial charge in [0.25, 0.3) is 0 Å². The second-order valence-electron chi connectivity index (χ2n) is 6.27. The number of sulfonamides is 1. The molecule has 0 aliphatic carbocycles. The first-order valence-electron chi connectivity index (χ1n) is 8.50. The molecule has 0 spiro atoms. The second kappa shape index (κ2) is 10.00. The van der Waals surface area contributed by atoms with Crippen LogP contribution < -0.4 is 27.2 Å². The first-order chi connectivity index (χ1) is 14.3. The Morgan fingerprint density at radius 3 is 2.45 bits per heavy atom. The minimum absolute atomic E-state index is 0.0000994. The number of benzene rings is 1. The van der Waals surface area contributed by atoms with E-state index in [2.05, 4.69) is 15.6 Å². The molecular formula is C15H21N6O8PS. The standard InChI is InChI=1S/C15H21N6O8PS/c16-13-5-6-21(15(23)20-13)8-11(29-9-30(24,25)26)7-18-14(22)19-10-1-3-12(4-2-10)31(17,27)28/h1-6,11H,7-9H2,(H2,16,20,23)(H2,17,27,28)(H2,18,19,22)(H2,24,25,26). The van der Waals surface area contributed by atoms with E-state index in [1.165, 1.54) is 36.5 Å². The molecule has 170 valence electrons. The van der Waals surface area contributed by atoms with Gasteiger partial charge in [-0.15, -0.1) is 0 Å². The minimum Gasteiger partial charge on any atom is -0.383 e. The van der Waals surface area contributed by atoms with Crippen LogP contribution in [-0.2, 0) is 25.9 Å². The average molecular weight is 476 g/mol. The summed E-state index contributed by atoms with van der Waals surface area (Å²) in [5, 5.41) is 9.87. The summed E-state index contributed by atoms with van der Waals surface area (Å²) < 4.78 is 39.8. The fourth-order valence-electron chi connectivity index (χ4n) is 2.29. The largest absolute Gasteiger partial charge is 0.383 e. The molecule has 2 amide bonds. The van der Waals surface area contributed by atoms with Crippen molar-refractivity contribution in [2.45, 2.75) is 17.5 Å². The van der Waals surface area contributed by atoms with Gasteiger partial charge in [-0.05, 0) is 30.3 Å². The van der Waals surface area contributed by atoms with Gasteiger partial charge >= 0.3 is 19.3 Å². The van der Waals surface area contributed by atoms with Crippen LogP contribution in [0.4, 0.5) is 16.3 Å². The van der Waals surface area contributed by atoms with Gasteiger partial charge in [-0.2, -0.15) is 4.98 Å². The molecule has 2 rings (SSSR count). The van der Waals surface area contributed by atoms with Crippen LogP contribution in [-0.4, -0.2) is 52.8 Å². The number of ether oxygens (including phenoxy) is 1. The molecule has 0 fully saturated rings. The van der Waals surface area contributed by atoms with E-state index in [0.717, 1.165) is 4.57 Å². The number of nitrogen functional groups attached to an aromatic ring is 1. The van der Waals surface area contributed by atoms with Gasteiger partial charge in [0.05, 0.1) is 17.5 Å². The number of nitrogens with one attached hydrogen (secondary N) is 2. The summed E-state index contributed by atoms with van der Waals surface area (Å²) in [6.07, 6.45) is -0.593. The second-order valence-corrected chi connectivity index (χ2v) is 9.42. The number of rotatable bonds is 9. The molecule has 8 N–H and O–H groups in total. The maximum absolute atomic E-state index is 12.1. The van der Waals surface area contributed by atoms with Crippen molar-refractivity contribution in [1.29, 1.82) is 0 Å². The normalized spacial score (nSPS) is 12.9. The Kier molecular flexibility index (Phi) is 7.89. The third kappa shape index (κ3) is 8.45. The number of carbonyl (C=O) groups is 1. The van der Waals surface area contributed by atoms with E-state index in [1.807, 2.05) is 0 Å². The zero-order chi connectivity index (χ0) is 23.2. The Morgan fingerprint density at radius 1 is 1.26 bits per heavy atom. The fraction of sp³-hybridized carbons (Fsp3) is 0.267. The molecule has 1 heterocycles. The van der Waals surface area contributed by atoms with Crippen molar-refractivity contribution in [2.75, 3.05) is 23.9 Å². The summed E-state index contributed by atoms with van der Waals surface area (Å²) in [4.78, 5) is 45.4. The summed E-state index contributed by atoms with van der Waals surface area (Å²) >= 11 is 0. The highest BCUT2D eigenvalue weighted by molar-refractivity contribution is 7.89. The van der Waals surface area contributed by atoms with Gasteiger partial charge in [-0.3, -0.25) is 9.13 Å². The fourth-order valence-corrected chi connectivity index (χ4v) is 3.21. The number of urea groups is 1. The molecule has 1 unspecified atom stereocenters. The molecule has 0 saturated heterocycles. The molecule has 1 aromatic heterocycles. The lowest BCUT2D eigenvalue weighted by molar-refractivity contribution is 0.0631. The van der Waals surface area contributed by atoms with Gasteiger partial charge in [-0.1, -0.05) is 0 Å². The number of primary sulfonamides is 1. The molecule has 31 heavy (non-hydrogen) atoms. The van der Waals surface area contributed by atoms with E-state index in [1.54, 1.807) is 0 Å². The highest BCUT2D eigenvalue weighted by atomic mass is 32.2. The lowest BCUT2D eigenvalue weighted by Gasteiger charge is -2.20. The van der Waals surface area contributed by atoms with Crippen LogP contribution in [0.3, 0.4) is 0 Å². The van der Waals surface area contributed by atoms with Crippen LogP contribution in [0.2, 0.25) is 0 Å². The third-order valence-corrected chi connectivity index (χ3v) is 5.12. The van der Waals surface area contributed by atoms with Gasteiger partial charge < -0.3 is 30.9 Å². The first-order valence-corrected chi connectivity index (χ1v) is 11.8. The molecular weight excluding hydrogens is 455 g/mol. The van der Waals surface area contributed by atoms with Crippen LogP contribution in [0.15, 0.2) is 46.2 Å². The highest BCUT2D eigenvalue weighted by Gasteiger charge is 2.20. The van der Waals surface area contributed by atoms with Gasteiger partial charge in [0.1, 0.15) is 12.2 Å². The van der Waals surface area contributed by atoms with Crippen LogP contribution in [0.25, 0.3) is 0 Å². The van der Waals surface area contributed by atoms with Gasteiger partial charge in [0.2, 0.25) is 10.0 Å². The topological polar surface area (TPSA) is 229 Å². The number of hydrogen-bond acceptors (Lipinski definition) is 8. The Hall–Kier alpha value is -2.81. The molecule has 0 saturated carbocycles. The van der Waals surface area contributed by atoms with Crippen molar-refractivity contribution in [1.82, 2.24) is 14.9 Å². The van der Waals surface area contributed by atoms with Crippen molar-refractivity contribution < 1.29 is 32.3 Å². The lowest BCUT2D eigenvalue weighted by Crippen LogP contribution is -2.40. The van der Waals surface area contributed by atoms with E-state index in [9.17, 15) is 22.6 Å². The van der Waals surface area contributed by atoms with Crippen molar-refractivity contribution in [3.05, 3.63) is 47.0 Å². The van der Waals surface area contributed by atoms with E-state index in [0.29, 0.717) is 0 Å². The van der Waals surface area contributed by atoms with Gasteiger partial charge in [-0.25, -0.2) is 23.1 Å². The van der Waals surface area contributed by atoms with Crippen molar-refractivity contribution in [2.24, 2.45) is 5.14 Å². The van der Waals surface area contributed by atoms with Gasteiger partial charge in [0.15, 0.2) is 0 Å². The average Bonchev–Trinajstić information content (AvgIpc) is 2.64. The number of anilines is 2. The quantitative estimate of drug-likeness (QED) is 0.237. The summed E-state index contributed by atoms with van der Waals surface area (Å²) in [7, 11) is -8.37. The molecule has 14 nitrogen and oxygen atoms in total. The van der Waals surface area contributed by atoms with E-state index in [4.69, 9.17) is 25.4 Å². The predicted molar refractivity (Wildman–Crippen MR) is 110 cm³/mol. The monoisotopic (exact) mass is 476 g/mol. The number of hydrogen-bond donors (Lipinski definition) is 6. The zero-order valence-corrected chi connectivity index (χ0v) is 17.6. The summed E-state index contributed by atoms with van der Waals surface area (Å²) in [5.74, 6) is -0.0000994. The Bertz CT molecular complexity index is 1130. The Balaban J connectivity index is 2.01. The van der Waals surface area contributed by atoms with Crippen LogP contribution in [0, 0.1) is 0 Å². The van der Waals surface area contributed by atoms with E-state index in [-0.39, 0.29) is 29.5 Å². The Labute approximate surface area is 176 Å². The number of nitrogens with two attached hydrogens (primary N) is 2. The summed E-state index contributed by atoms with van der Waals surface area (Å²) in [5.41, 5.74) is 4.97. The first kappa shape index (κ1) is 24.5. The number of carbonyl (C=O) groups excluding carboxylic acids is 1. The predicted octanol–water partition coefficient (Wildman–Crippen LogP) is -1.18. The van der Waals surface area contributed by atoms with Crippen molar-refractivity contribution >= 4 is 35.2 Å². The molecule has 16 heteroatoms. The lowest BCUT2D eigenvalue weighted by atomic mass is 10.3.